The number of rotatable bonds is 5. The molecule has 0 saturated carbocycles. The smallest absolute Gasteiger partial charge is 0.258 e. The molecule has 0 aromatic heterocycles. The Hall–Kier alpha value is -2.53. The third-order valence-electron chi connectivity index (χ3n) is 3.90. The molecule has 0 saturated heterocycles. The van der Waals surface area contributed by atoms with Crippen molar-refractivity contribution in [2.24, 2.45) is 0 Å². The average Bonchev–Trinajstić information content (AvgIpc) is 2.67. The van der Waals surface area contributed by atoms with Gasteiger partial charge in [-0.2, -0.15) is 0 Å². The Bertz CT molecular complexity index is 949. The van der Waals surface area contributed by atoms with Crippen molar-refractivity contribution in [3.8, 4) is 0 Å². The van der Waals surface area contributed by atoms with Crippen LogP contribution in [0, 0.1) is 17.4 Å². The van der Waals surface area contributed by atoms with Crippen LogP contribution in [0.3, 0.4) is 0 Å². The van der Waals surface area contributed by atoms with Crippen LogP contribution in [0.2, 0.25) is 0 Å². The van der Waals surface area contributed by atoms with Gasteiger partial charge in [-0.05, 0) is 72.4 Å². The van der Waals surface area contributed by atoms with Crippen LogP contribution in [0.15, 0.2) is 42.5 Å². The Morgan fingerprint density at radius 2 is 1.66 bits per heavy atom. The van der Waals surface area contributed by atoms with Crippen LogP contribution in [0.4, 0.5) is 5.69 Å². The quantitative estimate of drug-likeness (QED) is 0.274. The lowest BCUT2D eigenvalue weighted by Crippen LogP contribution is -2.48. The van der Waals surface area contributed by atoms with E-state index in [1.54, 1.807) is 18.2 Å². The number of hydrazine groups is 1. The van der Waals surface area contributed by atoms with Crippen LogP contribution in [-0.2, 0) is 9.59 Å². The van der Waals surface area contributed by atoms with Gasteiger partial charge in [-0.15, -0.1) is 0 Å². The highest BCUT2D eigenvalue weighted by molar-refractivity contribution is 14.1. The molecule has 0 aliphatic rings. The lowest BCUT2D eigenvalue weighted by Gasteiger charge is -2.12. The first-order chi connectivity index (χ1) is 13.8. The van der Waals surface area contributed by atoms with E-state index in [0.717, 1.165) is 20.4 Å². The van der Waals surface area contributed by atoms with Crippen LogP contribution in [0.5, 0.6) is 0 Å². The van der Waals surface area contributed by atoms with E-state index in [1.165, 1.54) is 0 Å². The summed E-state index contributed by atoms with van der Waals surface area (Å²) in [6, 6.07) is 12.8. The molecule has 0 aliphatic carbocycles. The predicted molar refractivity (Wildman–Crippen MR) is 124 cm³/mol. The van der Waals surface area contributed by atoms with Crippen LogP contribution < -0.4 is 21.5 Å². The van der Waals surface area contributed by atoms with Crippen molar-refractivity contribution in [2.75, 3.05) is 5.32 Å². The zero-order chi connectivity index (χ0) is 21.4. The Labute approximate surface area is 188 Å². The highest BCUT2D eigenvalue weighted by Crippen LogP contribution is 2.16. The number of hydrogen-bond donors (Lipinski definition) is 4. The molecule has 7 nitrogen and oxygen atoms in total. The zero-order valence-corrected chi connectivity index (χ0v) is 18.9. The number of halogens is 1. The third kappa shape index (κ3) is 7.42. The van der Waals surface area contributed by atoms with E-state index in [-0.39, 0.29) is 29.8 Å². The molecule has 152 valence electrons. The molecule has 0 radical (unpaired) electrons. The molecule has 0 fully saturated rings. The molecule has 4 N–H and O–H groups in total. The maximum atomic E-state index is 12.1. The van der Waals surface area contributed by atoms with Gasteiger partial charge in [0.05, 0.1) is 5.56 Å². The van der Waals surface area contributed by atoms with Crippen molar-refractivity contribution >= 4 is 63.3 Å². The topological polar surface area (TPSA) is 99.3 Å². The third-order valence-corrected chi connectivity index (χ3v) is 5.04. The Balaban J connectivity index is 1.72. The van der Waals surface area contributed by atoms with Crippen molar-refractivity contribution in [1.29, 1.82) is 0 Å². The maximum Gasteiger partial charge on any atom is 0.258 e. The molecule has 0 aliphatic heterocycles. The Morgan fingerprint density at radius 3 is 2.34 bits per heavy atom. The fraction of sp³-hybridized carbons (Fsp3) is 0.200. The van der Waals surface area contributed by atoms with Gasteiger partial charge in [-0.1, -0.05) is 29.8 Å². The van der Waals surface area contributed by atoms with Gasteiger partial charge in [0.15, 0.2) is 5.11 Å². The summed E-state index contributed by atoms with van der Waals surface area (Å²) >= 11 is 7.05. The second-order valence-corrected chi connectivity index (χ2v) is 7.87. The van der Waals surface area contributed by atoms with Gasteiger partial charge in [0.2, 0.25) is 11.8 Å². The Kier molecular flexibility index (Phi) is 8.52. The molecule has 2 aromatic rings. The van der Waals surface area contributed by atoms with Gasteiger partial charge in [0.25, 0.3) is 5.91 Å². The first kappa shape index (κ1) is 22.8. The molecule has 29 heavy (non-hydrogen) atoms. The van der Waals surface area contributed by atoms with E-state index in [4.69, 9.17) is 12.2 Å². The zero-order valence-electron chi connectivity index (χ0n) is 16.0. The minimum Gasteiger partial charge on any atom is -0.326 e. The maximum absolute atomic E-state index is 12.1. The molecule has 0 heterocycles. The summed E-state index contributed by atoms with van der Waals surface area (Å²) in [6.45, 7) is 3.88. The normalized spacial score (nSPS) is 10.0. The number of carbonyl (C=O) groups excluding carboxylic acids is 3. The van der Waals surface area contributed by atoms with Gasteiger partial charge < -0.3 is 5.32 Å². The molecule has 3 amide bonds. The van der Waals surface area contributed by atoms with Crippen LogP contribution in [0.25, 0.3) is 0 Å². The molecule has 2 rings (SSSR count). The van der Waals surface area contributed by atoms with Gasteiger partial charge in [0, 0.05) is 22.1 Å². The minimum atomic E-state index is -0.424. The largest absolute Gasteiger partial charge is 0.326 e. The van der Waals surface area contributed by atoms with E-state index >= 15 is 0 Å². The number of carbonyl (C=O) groups is 3. The summed E-state index contributed by atoms with van der Waals surface area (Å²) in [4.78, 5) is 36.1. The summed E-state index contributed by atoms with van der Waals surface area (Å²) in [6.07, 6.45) is -0.0148. The van der Waals surface area contributed by atoms with E-state index < -0.39 is 5.91 Å². The lowest BCUT2D eigenvalue weighted by molar-refractivity contribution is -0.124. The number of amides is 3. The molecule has 0 unspecified atom stereocenters. The molecule has 2 aromatic carbocycles. The van der Waals surface area contributed by atoms with Crippen molar-refractivity contribution < 1.29 is 14.4 Å². The van der Waals surface area contributed by atoms with Gasteiger partial charge in [-0.3, -0.25) is 30.6 Å². The van der Waals surface area contributed by atoms with Crippen LogP contribution in [0.1, 0.15) is 34.3 Å². The highest BCUT2D eigenvalue weighted by Gasteiger charge is 2.12. The highest BCUT2D eigenvalue weighted by atomic mass is 127. The van der Waals surface area contributed by atoms with Crippen molar-refractivity contribution in [2.45, 2.75) is 26.7 Å². The van der Waals surface area contributed by atoms with E-state index in [2.05, 4.69) is 44.1 Å². The second kappa shape index (κ2) is 10.9. The predicted octanol–water partition coefficient (Wildman–Crippen LogP) is 2.96. The van der Waals surface area contributed by atoms with E-state index in [0.29, 0.717) is 5.56 Å². The molecule has 0 bridgehead atoms. The first-order valence-electron chi connectivity index (χ1n) is 8.78. The molecular weight excluding hydrogens is 503 g/mol. The molecular formula is C20H21IN4O3S. The fourth-order valence-electron chi connectivity index (χ4n) is 2.43. The standard InChI is InChI=1S/C20H21IN4O3S/c1-12-7-8-16(13(2)11-12)22-17(26)9-10-18(27)24-25-20(29)23-19(28)14-5-3-4-6-15(14)21/h3-8,11H,9-10H2,1-2H3,(H,22,26)(H,24,27)(H2,23,25,28,29). The number of anilines is 1. The van der Waals surface area contributed by atoms with Crippen LogP contribution in [-0.4, -0.2) is 22.8 Å². The molecule has 0 spiro atoms. The summed E-state index contributed by atoms with van der Waals surface area (Å²) in [7, 11) is 0. The lowest BCUT2D eigenvalue weighted by atomic mass is 10.1. The number of hydrogen-bond acceptors (Lipinski definition) is 4. The number of aryl methyl sites for hydroxylation is 2. The number of nitrogens with one attached hydrogen (secondary N) is 4. The summed E-state index contributed by atoms with van der Waals surface area (Å²) in [5, 5.41) is 5.23. The second-order valence-electron chi connectivity index (χ2n) is 6.30. The van der Waals surface area contributed by atoms with E-state index in [1.807, 2.05) is 38.1 Å². The van der Waals surface area contributed by atoms with Crippen molar-refractivity contribution in [3.63, 3.8) is 0 Å². The van der Waals surface area contributed by atoms with Gasteiger partial charge >= 0.3 is 0 Å². The van der Waals surface area contributed by atoms with Crippen molar-refractivity contribution in [3.05, 3.63) is 62.7 Å². The SMILES string of the molecule is Cc1ccc(NC(=O)CCC(=O)NNC(=S)NC(=O)c2ccccc2I)c(C)c1. The van der Waals surface area contributed by atoms with Gasteiger partial charge in [0.1, 0.15) is 0 Å². The molecule has 9 heteroatoms. The minimum absolute atomic E-state index is 0.0160. The molecule has 0 atom stereocenters. The summed E-state index contributed by atoms with van der Waals surface area (Å²) in [5.41, 5.74) is 8.09. The van der Waals surface area contributed by atoms with Crippen molar-refractivity contribution in [1.82, 2.24) is 16.2 Å². The van der Waals surface area contributed by atoms with Crippen LogP contribution >= 0.6 is 34.8 Å². The fourth-order valence-corrected chi connectivity index (χ4v) is 3.21. The van der Waals surface area contributed by atoms with E-state index in [9.17, 15) is 14.4 Å². The summed E-state index contributed by atoms with van der Waals surface area (Å²) < 4.78 is 0.782. The van der Waals surface area contributed by atoms with Gasteiger partial charge in [-0.25, -0.2) is 0 Å². The number of benzene rings is 2. The first-order valence-corrected chi connectivity index (χ1v) is 10.3. The summed E-state index contributed by atoms with van der Waals surface area (Å²) in [5.74, 6) is -1.07. The average molecular weight is 524 g/mol. The number of thiocarbonyl (C=S) groups is 1. The Morgan fingerprint density at radius 1 is 0.966 bits per heavy atom. The monoisotopic (exact) mass is 524 g/mol.